The highest BCUT2D eigenvalue weighted by atomic mass is 16.6. The molecule has 69 heavy (non-hydrogen) atoms. The highest BCUT2D eigenvalue weighted by molar-refractivity contribution is 5.88. The molecule has 0 fully saturated rings. The van der Waals surface area contributed by atoms with Gasteiger partial charge in [-0.1, -0.05) is 75.9 Å². The Morgan fingerprint density at radius 3 is 1.07 bits per heavy atom. The van der Waals surface area contributed by atoms with Crippen LogP contribution in [-0.4, -0.2) is 136 Å². The molecule has 7 N–H and O–H groups in total. The molecule has 0 bridgehead atoms. The molecule has 0 spiro atoms. The van der Waals surface area contributed by atoms with Gasteiger partial charge in [-0.2, -0.15) is 0 Å². The molecule has 5 amide bonds. The Labute approximate surface area is 405 Å². The van der Waals surface area contributed by atoms with E-state index in [4.69, 9.17) is 38.9 Å². The maximum absolute atomic E-state index is 12.7. The lowest BCUT2D eigenvalue weighted by Gasteiger charge is -2.21. The van der Waals surface area contributed by atoms with E-state index in [0.29, 0.717) is 45.2 Å². The highest BCUT2D eigenvalue weighted by Gasteiger charge is 2.29. The average molecular weight is 979 g/mol. The summed E-state index contributed by atoms with van der Waals surface area (Å²) < 4.78 is 34.9. The summed E-state index contributed by atoms with van der Waals surface area (Å²) >= 11 is 0. The van der Waals surface area contributed by atoms with Crippen LogP contribution in [0, 0.1) is 0 Å². The molecule has 0 rings (SSSR count). The summed E-state index contributed by atoms with van der Waals surface area (Å²) in [7, 11) is 0. The summed E-state index contributed by atoms with van der Waals surface area (Å²) in [5.74, 6) is -4.00. The van der Waals surface area contributed by atoms with E-state index >= 15 is 0 Å². The van der Waals surface area contributed by atoms with Gasteiger partial charge in [0.05, 0.1) is 0 Å². The second-order valence-electron chi connectivity index (χ2n) is 15.4. The molecular weight excluding hydrogens is 905 g/mol. The number of amides is 5. The number of alkyl carbamates (subject to hydrolysis) is 1. The van der Waals surface area contributed by atoms with Crippen molar-refractivity contribution in [3.8, 4) is 0 Å². The van der Waals surface area contributed by atoms with Gasteiger partial charge >= 0.3 is 54.0 Å². The van der Waals surface area contributed by atoms with Crippen molar-refractivity contribution in [1.29, 1.82) is 0 Å². The van der Waals surface area contributed by atoms with Crippen LogP contribution in [0.5, 0.6) is 0 Å². The number of nitrogens with one attached hydrogen (secondary N) is 5. The fourth-order valence-electron chi connectivity index (χ4n) is 5.12. The third-order valence-corrected chi connectivity index (χ3v) is 8.27. The molecular formula is C47H74N6O16. The van der Waals surface area contributed by atoms with E-state index in [2.05, 4.69) is 66.1 Å². The number of hydrogen-bond acceptors (Lipinski definition) is 17. The monoisotopic (exact) mass is 979 g/mol. The van der Waals surface area contributed by atoms with Gasteiger partial charge in [0.1, 0.15) is 69.4 Å². The quantitative estimate of drug-likeness (QED) is 0.0228. The lowest BCUT2D eigenvalue weighted by molar-refractivity contribution is -0.147. The topological polar surface area (TPSA) is 304 Å². The van der Waals surface area contributed by atoms with E-state index in [-0.39, 0.29) is 71.7 Å². The molecule has 0 aromatic rings. The van der Waals surface area contributed by atoms with E-state index in [1.165, 1.54) is 36.5 Å². The van der Waals surface area contributed by atoms with Gasteiger partial charge in [-0.15, -0.1) is 0 Å². The van der Waals surface area contributed by atoms with Crippen molar-refractivity contribution in [2.45, 2.75) is 115 Å². The van der Waals surface area contributed by atoms with Crippen LogP contribution in [0.2, 0.25) is 0 Å². The van der Waals surface area contributed by atoms with E-state index in [1.807, 2.05) is 0 Å². The van der Waals surface area contributed by atoms with Crippen molar-refractivity contribution in [3.05, 3.63) is 75.9 Å². The lowest BCUT2D eigenvalue weighted by atomic mass is 10.1. The van der Waals surface area contributed by atoms with Crippen LogP contribution >= 0.6 is 0 Å². The van der Waals surface area contributed by atoms with Crippen LogP contribution < -0.4 is 32.3 Å². The Balaban J connectivity index is 0. The summed E-state index contributed by atoms with van der Waals surface area (Å²) in [6, 6.07) is -5.92. The molecule has 0 aromatic heterocycles. The van der Waals surface area contributed by atoms with E-state index in [0.717, 1.165) is 0 Å². The van der Waals surface area contributed by atoms with Gasteiger partial charge < -0.3 is 65.5 Å². The Morgan fingerprint density at radius 1 is 0.464 bits per heavy atom. The molecule has 0 aromatic carbocycles. The summed E-state index contributed by atoms with van der Waals surface area (Å²) in [6.45, 7) is 26.6. The number of urea groups is 2. The number of carbonyl (C=O) groups excluding carboxylic acids is 9. The molecule has 0 aliphatic heterocycles. The van der Waals surface area contributed by atoms with Crippen LogP contribution in [0.4, 0.5) is 14.4 Å². The van der Waals surface area contributed by atoms with Crippen molar-refractivity contribution in [2.24, 2.45) is 5.73 Å². The molecule has 0 heterocycles. The Bertz CT molecular complexity index is 1680. The number of esters is 6. The molecule has 4 unspecified atom stereocenters. The van der Waals surface area contributed by atoms with Crippen molar-refractivity contribution in [1.82, 2.24) is 26.6 Å². The predicted molar refractivity (Wildman–Crippen MR) is 255 cm³/mol. The minimum Gasteiger partial charge on any atom is -0.461 e. The first kappa shape index (κ1) is 64.1. The summed E-state index contributed by atoms with van der Waals surface area (Å²) in [4.78, 5) is 110. The smallest absolute Gasteiger partial charge is 0.407 e. The standard InChI is InChI=1S/C26H41N3O9.C21H33N3O7/c1-7-16-35-21(30)14-13-20(23(32)37-18-9-3)29-24(33)28-19(22(31)36-17-8-2)12-10-11-15-27-25(34)38-26(4,5)6;1-4-13-29-18(25)11-10-17(20(27)31-15-6-3)24-21(28)23-16(9-7-8-12-22)19(26)30-14-5-2/h7-9,19-20H,1-3,10-18H2,4-6H3,(H,27,34)(H2,28,29,33);4-6,16-17H,1-3,7-15,22H2,(H2,23,24,28). The van der Waals surface area contributed by atoms with Crippen LogP contribution in [0.1, 0.15) is 85.0 Å². The van der Waals surface area contributed by atoms with Crippen LogP contribution in [0.3, 0.4) is 0 Å². The maximum Gasteiger partial charge on any atom is 0.407 e. The number of nitrogens with two attached hydrogens (primary N) is 1. The minimum absolute atomic E-state index is 0.00115. The fraction of sp³-hybridized carbons (Fsp3) is 0.553. The van der Waals surface area contributed by atoms with Crippen molar-refractivity contribution < 1.29 is 76.3 Å². The Morgan fingerprint density at radius 2 is 0.768 bits per heavy atom. The van der Waals surface area contributed by atoms with Gasteiger partial charge in [-0.25, -0.2) is 33.6 Å². The fourth-order valence-corrected chi connectivity index (χ4v) is 5.12. The van der Waals surface area contributed by atoms with Crippen LogP contribution in [0.25, 0.3) is 0 Å². The predicted octanol–water partition coefficient (Wildman–Crippen LogP) is 3.81. The largest absolute Gasteiger partial charge is 0.461 e. The number of ether oxygens (including phenoxy) is 7. The SMILES string of the molecule is C=CCOC(=O)CCC(NC(=O)NC(CCCCN)C(=O)OCC=C)C(=O)OCC=C.C=CCOC(=O)CCC(NC(=O)NC(CCCCNC(=O)OC(C)(C)C)C(=O)OCC=C)C(=O)OCC=C. The first-order valence-electron chi connectivity index (χ1n) is 22.3. The minimum atomic E-state index is -1.19. The summed E-state index contributed by atoms with van der Waals surface area (Å²) in [5.41, 5.74) is 4.85. The molecule has 0 saturated heterocycles. The molecule has 22 heteroatoms. The van der Waals surface area contributed by atoms with Crippen molar-refractivity contribution in [3.63, 3.8) is 0 Å². The Kier molecular flexibility index (Phi) is 37.3. The molecule has 4 atom stereocenters. The van der Waals surface area contributed by atoms with Crippen LogP contribution in [-0.2, 0) is 61.9 Å². The highest BCUT2D eigenvalue weighted by Crippen LogP contribution is 2.09. The van der Waals surface area contributed by atoms with Gasteiger partial charge in [0.25, 0.3) is 0 Å². The zero-order valence-electron chi connectivity index (χ0n) is 40.4. The van der Waals surface area contributed by atoms with Crippen LogP contribution in [0.15, 0.2) is 75.9 Å². The number of rotatable bonds is 35. The Hall–Kier alpha value is -6.97. The van der Waals surface area contributed by atoms with Gasteiger partial charge in [0, 0.05) is 19.4 Å². The van der Waals surface area contributed by atoms with E-state index in [1.54, 1.807) is 20.8 Å². The second-order valence-corrected chi connectivity index (χ2v) is 15.4. The normalized spacial score (nSPS) is 12.0. The second kappa shape index (κ2) is 40.1. The average Bonchev–Trinajstić information content (AvgIpc) is 3.30. The van der Waals surface area contributed by atoms with Gasteiger partial charge in [-0.05, 0) is 78.7 Å². The molecule has 0 aliphatic rings. The first-order chi connectivity index (χ1) is 32.8. The third-order valence-electron chi connectivity index (χ3n) is 8.27. The molecule has 0 radical (unpaired) electrons. The van der Waals surface area contributed by atoms with E-state index < -0.39 is 83.7 Å². The third kappa shape index (κ3) is 35.8. The number of hydrogen-bond donors (Lipinski definition) is 6. The van der Waals surface area contributed by atoms with Gasteiger partial charge in [-0.3, -0.25) is 9.59 Å². The summed E-state index contributed by atoms with van der Waals surface area (Å²) in [6.07, 6.45) is 10.0. The zero-order valence-corrected chi connectivity index (χ0v) is 40.4. The molecule has 388 valence electrons. The zero-order chi connectivity index (χ0) is 52.5. The van der Waals surface area contributed by atoms with Crippen molar-refractivity contribution in [2.75, 3.05) is 52.7 Å². The number of unbranched alkanes of at least 4 members (excludes halogenated alkanes) is 2. The maximum atomic E-state index is 12.7. The first-order valence-corrected chi connectivity index (χ1v) is 22.3. The molecule has 0 aliphatic carbocycles. The van der Waals surface area contributed by atoms with Crippen molar-refractivity contribution >= 4 is 54.0 Å². The molecule has 0 saturated carbocycles. The van der Waals surface area contributed by atoms with Gasteiger partial charge in [0.15, 0.2) is 0 Å². The lowest BCUT2D eigenvalue weighted by Crippen LogP contribution is -2.52. The van der Waals surface area contributed by atoms with E-state index in [9.17, 15) is 43.2 Å². The van der Waals surface area contributed by atoms with Gasteiger partial charge in [0.2, 0.25) is 0 Å². The molecule has 22 nitrogen and oxygen atoms in total. The number of carbonyl (C=O) groups is 9. The summed E-state index contributed by atoms with van der Waals surface area (Å²) in [5, 5.41) is 12.5.